The van der Waals surface area contributed by atoms with Gasteiger partial charge in [0.1, 0.15) is 6.04 Å². The summed E-state index contributed by atoms with van der Waals surface area (Å²) in [4.78, 5) is 41.8. The zero-order valence-corrected chi connectivity index (χ0v) is 21.2. The fourth-order valence-electron chi connectivity index (χ4n) is 3.61. The van der Waals surface area contributed by atoms with Crippen molar-refractivity contribution in [3.05, 3.63) is 81.6 Å². The van der Waals surface area contributed by atoms with E-state index in [9.17, 15) is 14.4 Å². The van der Waals surface area contributed by atoms with Crippen molar-refractivity contribution in [1.82, 2.24) is 24.5 Å². The van der Waals surface area contributed by atoms with E-state index < -0.39 is 23.6 Å². The van der Waals surface area contributed by atoms with E-state index >= 15 is 0 Å². The van der Waals surface area contributed by atoms with E-state index in [0.717, 1.165) is 0 Å². The molecule has 13 heteroatoms. The number of amides is 2. The minimum Gasteiger partial charge on any atom is -0.453 e. The average molecular weight is 542 g/mol. The maximum Gasteiger partial charge on any atom is 0.411 e. The second kappa shape index (κ2) is 11.2. The highest BCUT2D eigenvalue weighted by molar-refractivity contribution is 6.31. The first-order valence-electron chi connectivity index (χ1n) is 11.0. The quantitative estimate of drug-likeness (QED) is 0.350. The van der Waals surface area contributed by atoms with Crippen molar-refractivity contribution in [3.8, 4) is 16.9 Å². The Morgan fingerprint density at radius 1 is 1.05 bits per heavy atom. The summed E-state index contributed by atoms with van der Waals surface area (Å²) in [6, 6.07) is 12.0. The summed E-state index contributed by atoms with van der Waals surface area (Å²) in [5, 5.41) is 13.7. The van der Waals surface area contributed by atoms with E-state index in [0.29, 0.717) is 39.8 Å². The molecule has 0 aliphatic carbocycles. The number of anilines is 2. The van der Waals surface area contributed by atoms with Gasteiger partial charge in [-0.25, -0.2) is 14.5 Å². The van der Waals surface area contributed by atoms with Gasteiger partial charge < -0.3 is 10.1 Å². The smallest absolute Gasteiger partial charge is 0.411 e. The van der Waals surface area contributed by atoms with Gasteiger partial charge in [0, 0.05) is 28.0 Å². The lowest BCUT2D eigenvalue weighted by atomic mass is 10.1. The number of methoxy groups -OCH3 is 1. The highest BCUT2D eigenvalue weighted by Gasteiger charge is 2.21. The summed E-state index contributed by atoms with van der Waals surface area (Å²) in [7, 11) is 1.26. The molecular formula is C24H21Cl2N7O4. The molecule has 0 saturated carbocycles. The number of hydrogen-bond donors (Lipinski definition) is 2. The Bertz CT molecular complexity index is 1500. The van der Waals surface area contributed by atoms with Crippen LogP contribution in [-0.2, 0) is 9.53 Å². The third kappa shape index (κ3) is 5.96. The van der Waals surface area contributed by atoms with Gasteiger partial charge in [0.2, 0.25) is 5.91 Å². The predicted molar refractivity (Wildman–Crippen MR) is 139 cm³/mol. The van der Waals surface area contributed by atoms with Gasteiger partial charge in [-0.3, -0.25) is 19.5 Å². The highest BCUT2D eigenvalue weighted by atomic mass is 35.5. The third-order valence-electron chi connectivity index (χ3n) is 5.39. The molecule has 37 heavy (non-hydrogen) atoms. The molecule has 0 fully saturated rings. The molecule has 2 N–H and O–H groups in total. The van der Waals surface area contributed by atoms with Crippen molar-refractivity contribution in [2.45, 2.75) is 19.4 Å². The van der Waals surface area contributed by atoms with Crippen molar-refractivity contribution in [1.29, 1.82) is 0 Å². The van der Waals surface area contributed by atoms with Crippen LogP contribution in [0.25, 0.3) is 16.9 Å². The molecule has 4 rings (SSSR count). The van der Waals surface area contributed by atoms with Crippen LogP contribution in [0.1, 0.15) is 19.4 Å². The summed E-state index contributed by atoms with van der Waals surface area (Å²) in [6.45, 7) is 1.79. The number of halogens is 2. The van der Waals surface area contributed by atoms with Crippen LogP contribution in [0.5, 0.6) is 0 Å². The Balaban J connectivity index is 1.58. The second-order valence-electron chi connectivity index (χ2n) is 7.77. The summed E-state index contributed by atoms with van der Waals surface area (Å²) in [6.07, 6.45) is 2.58. The van der Waals surface area contributed by atoms with Gasteiger partial charge >= 0.3 is 6.09 Å². The van der Waals surface area contributed by atoms with Gasteiger partial charge in [-0.1, -0.05) is 35.3 Å². The molecule has 2 aromatic heterocycles. The molecule has 2 amide bonds. The summed E-state index contributed by atoms with van der Waals surface area (Å²) in [5.74, 6) is -0.395. The maximum atomic E-state index is 13.1. The minimum atomic E-state index is -0.810. The Morgan fingerprint density at radius 3 is 2.35 bits per heavy atom. The van der Waals surface area contributed by atoms with Crippen molar-refractivity contribution in [2.75, 3.05) is 17.7 Å². The lowest BCUT2D eigenvalue weighted by Crippen LogP contribution is -2.33. The van der Waals surface area contributed by atoms with Gasteiger partial charge in [0.25, 0.3) is 5.56 Å². The molecule has 11 nitrogen and oxygen atoms in total. The molecule has 0 radical (unpaired) electrons. The van der Waals surface area contributed by atoms with E-state index in [2.05, 4.69) is 30.7 Å². The molecule has 190 valence electrons. The number of carbonyl (C=O) groups is 2. The molecular weight excluding hydrogens is 521 g/mol. The highest BCUT2D eigenvalue weighted by Crippen LogP contribution is 2.28. The first-order valence-corrected chi connectivity index (χ1v) is 11.8. The number of ether oxygens (including phenoxy) is 1. The van der Waals surface area contributed by atoms with Crippen LogP contribution in [0.4, 0.5) is 16.2 Å². The van der Waals surface area contributed by atoms with E-state index in [4.69, 9.17) is 23.2 Å². The Morgan fingerprint density at radius 2 is 1.76 bits per heavy atom. The lowest BCUT2D eigenvalue weighted by molar-refractivity contribution is -0.119. The first kappa shape index (κ1) is 25.9. The molecule has 1 unspecified atom stereocenters. The van der Waals surface area contributed by atoms with E-state index in [1.165, 1.54) is 34.9 Å². The van der Waals surface area contributed by atoms with Crippen LogP contribution < -0.4 is 16.2 Å². The van der Waals surface area contributed by atoms with Gasteiger partial charge in [0.05, 0.1) is 31.0 Å². The molecule has 0 spiro atoms. The van der Waals surface area contributed by atoms with Gasteiger partial charge in [-0.2, -0.15) is 0 Å². The predicted octanol–water partition coefficient (Wildman–Crippen LogP) is 4.57. The van der Waals surface area contributed by atoms with E-state index in [-0.39, 0.29) is 5.15 Å². The number of aromatic nitrogens is 5. The number of carbonyl (C=O) groups excluding carboxylic acids is 2. The number of hydrogen-bond acceptors (Lipinski definition) is 7. The molecule has 1 atom stereocenters. The van der Waals surface area contributed by atoms with Gasteiger partial charge in [-0.05, 0) is 48.9 Å². The monoisotopic (exact) mass is 541 g/mol. The fourth-order valence-corrected chi connectivity index (χ4v) is 3.90. The van der Waals surface area contributed by atoms with Crippen molar-refractivity contribution < 1.29 is 14.3 Å². The molecule has 0 aliphatic rings. The van der Waals surface area contributed by atoms with Crippen molar-refractivity contribution in [2.24, 2.45) is 0 Å². The summed E-state index contributed by atoms with van der Waals surface area (Å²) < 4.78 is 7.27. The molecule has 0 bridgehead atoms. The normalized spacial score (nSPS) is 11.6. The largest absolute Gasteiger partial charge is 0.453 e. The van der Waals surface area contributed by atoms with Crippen LogP contribution in [0, 0.1) is 0 Å². The van der Waals surface area contributed by atoms with E-state index in [1.54, 1.807) is 49.4 Å². The van der Waals surface area contributed by atoms with Gasteiger partial charge in [0.15, 0.2) is 5.15 Å². The maximum absolute atomic E-state index is 13.1. The number of nitrogens with zero attached hydrogens (tertiary/aromatic N) is 5. The standard InChI is InChI=1S/C24H21Cl2N7O4/c1-3-19(23(35)28-15-5-7-16(8-6-15)29-24(36)37-2)32-13-27-18(11-22(32)34)17-10-14(25)4-9-20(17)33-12-21(26)30-31-33/h4-13,19H,3H2,1-2H3,(H,28,35)(H,29,36). The lowest BCUT2D eigenvalue weighted by Gasteiger charge is -2.18. The molecule has 4 aromatic rings. The minimum absolute atomic E-state index is 0.204. The molecule has 2 heterocycles. The first-order chi connectivity index (χ1) is 17.8. The van der Waals surface area contributed by atoms with E-state index in [1.807, 2.05) is 0 Å². The van der Waals surface area contributed by atoms with Crippen LogP contribution in [0.3, 0.4) is 0 Å². The van der Waals surface area contributed by atoms with Gasteiger partial charge in [-0.15, -0.1) is 5.10 Å². The molecule has 0 aliphatic heterocycles. The average Bonchev–Trinajstić information content (AvgIpc) is 3.32. The van der Waals surface area contributed by atoms with Crippen LogP contribution in [0.15, 0.2) is 65.8 Å². The Kier molecular flexibility index (Phi) is 7.85. The van der Waals surface area contributed by atoms with Crippen molar-refractivity contribution >= 4 is 46.6 Å². The van der Waals surface area contributed by atoms with Crippen LogP contribution in [0.2, 0.25) is 10.2 Å². The summed E-state index contributed by atoms with van der Waals surface area (Å²) in [5.41, 5.74) is 2.02. The van der Waals surface area contributed by atoms with Crippen LogP contribution >= 0.6 is 23.2 Å². The van der Waals surface area contributed by atoms with Crippen molar-refractivity contribution in [3.63, 3.8) is 0 Å². The number of nitrogens with one attached hydrogen (secondary N) is 2. The Labute approximate surface area is 221 Å². The molecule has 0 saturated heterocycles. The number of benzene rings is 2. The second-order valence-corrected chi connectivity index (χ2v) is 8.60. The zero-order valence-electron chi connectivity index (χ0n) is 19.7. The van der Waals surface area contributed by atoms with Crippen LogP contribution in [-0.4, -0.2) is 43.7 Å². The molecule has 2 aromatic carbocycles. The summed E-state index contributed by atoms with van der Waals surface area (Å²) >= 11 is 12.1. The third-order valence-corrected chi connectivity index (χ3v) is 5.80. The Hall–Kier alpha value is -4.22. The zero-order chi connectivity index (χ0) is 26.5. The number of rotatable bonds is 7. The fraction of sp³-hybridized carbons (Fsp3) is 0.167. The SMILES string of the molecule is CCC(C(=O)Nc1ccc(NC(=O)OC)cc1)n1cnc(-c2cc(Cl)ccc2-n2cc(Cl)nn2)cc1=O. The topological polar surface area (TPSA) is 133 Å².